The normalized spacial score (nSPS) is 21.9. The van der Waals surface area contributed by atoms with Crippen LogP contribution in [0.1, 0.15) is 26.2 Å². The van der Waals surface area contributed by atoms with E-state index < -0.39 is 9.84 Å². The Morgan fingerprint density at radius 2 is 2.24 bits per heavy atom. The molecule has 0 radical (unpaired) electrons. The number of amides is 2. The van der Waals surface area contributed by atoms with Crippen molar-refractivity contribution in [3.63, 3.8) is 0 Å². The van der Waals surface area contributed by atoms with Gasteiger partial charge in [-0.1, -0.05) is 12.2 Å². The molecular formula is C11H20N2O3S. The number of allylic oxidation sites excluding steroid dienone is 1. The summed E-state index contributed by atoms with van der Waals surface area (Å²) in [6.45, 7) is 1.68. The number of sulfone groups is 1. The Balaban J connectivity index is 2.33. The molecule has 1 rings (SSSR count). The average Bonchev–Trinajstić information content (AvgIpc) is 2.15. The van der Waals surface area contributed by atoms with Gasteiger partial charge in [0.1, 0.15) is 9.84 Å². The lowest BCUT2D eigenvalue weighted by Crippen LogP contribution is -2.47. The van der Waals surface area contributed by atoms with E-state index >= 15 is 0 Å². The number of carbonyl (C=O) groups is 1. The predicted octanol–water partition coefficient (Wildman–Crippen LogP) is 0.827. The Morgan fingerprint density at radius 1 is 1.53 bits per heavy atom. The molecule has 1 aliphatic carbocycles. The Bertz CT molecular complexity index is 390. The van der Waals surface area contributed by atoms with Gasteiger partial charge in [0.25, 0.3) is 0 Å². The van der Waals surface area contributed by atoms with Crippen LogP contribution in [0.4, 0.5) is 4.79 Å². The van der Waals surface area contributed by atoms with Crippen LogP contribution in [0.25, 0.3) is 0 Å². The van der Waals surface area contributed by atoms with Gasteiger partial charge in [0.2, 0.25) is 0 Å². The summed E-state index contributed by atoms with van der Waals surface area (Å²) in [6, 6.07) is -0.621. The first-order valence-electron chi connectivity index (χ1n) is 5.78. The van der Waals surface area contributed by atoms with Gasteiger partial charge in [-0.2, -0.15) is 0 Å². The zero-order chi connectivity index (χ0) is 12.9. The maximum Gasteiger partial charge on any atom is 0.315 e. The highest BCUT2D eigenvalue weighted by molar-refractivity contribution is 7.90. The number of nitrogens with one attached hydrogen (secondary N) is 2. The van der Waals surface area contributed by atoms with Crippen molar-refractivity contribution in [2.45, 2.75) is 38.3 Å². The van der Waals surface area contributed by atoms with Gasteiger partial charge in [0, 0.05) is 18.3 Å². The van der Waals surface area contributed by atoms with Crippen molar-refractivity contribution in [1.82, 2.24) is 10.6 Å². The molecule has 0 aromatic heterocycles. The average molecular weight is 260 g/mol. The Labute approximate surface area is 103 Å². The first-order chi connectivity index (χ1) is 7.87. The summed E-state index contributed by atoms with van der Waals surface area (Å²) in [5, 5.41) is 5.42. The van der Waals surface area contributed by atoms with Crippen molar-refractivity contribution in [2.75, 3.05) is 12.0 Å². The molecule has 0 aliphatic heterocycles. The minimum atomic E-state index is -3.06. The van der Waals surface area contributed by atoms with Crippen LogP contribution in [0, 0.1) is 0 Å². The molecule has 2 N–H and O–H groups in total. The highest BCUT2D eigenvalue weighted by atomic mass is 32.2. The number of urea groups is 1. The molecule has 6 heteroatoms. The van der Waals surface area contributed by atoms with Gasteiger partial charge >= 0.3 is 6.03 Å². The lowest BCUT2D eigenvalue weighted by atomic mass is 10.0. The van der Waals surface area contributed by atoms with E-state index in [1.165, 1.54) is 0 Å². The fraction of sp³-hybridized carbons (Fsp3) is 0.727. The first-order valence-corrected chi connectivity index (χ1v) is 7.84. The lowest BCUT2D eigenvalue weighted by molar-refractivity contribution is 0.236. The Kier molecular flexibility index (Phi) is 4.99. The van der Waals surface area contributed by atoms with Gasteiger partial charge < -0.3 is 10.6 Å². The van der Waals surface area contributed by atoms with Gasteiger partial charge in [-0.3, -0.25) is 0 Å². The second kappa shape index (κ2) is 6.05. The standard InChI is InChI=1S/C11H20N2O3S/c1-9(8-17(2,15)16)12-11(14)13-10-6-4-3-5-7-10/h4,6,9-10H,3,5,7-8H2,1-2H3,(H2,12,13,14)/t9-,10-/m0/s1. The molecule has 0 unspecified atom stereocenters. The van der Waals surface area contributed by atoms with E-state index in [0.29, 0.717) is 0 Å². The molecule has 0 heterocycles. The van der Waals surface area contributed by atoms with Crippen LogP contribution in [0.2, 0.25) is 0 Å². The largest absolute Gasteiger partial charge is 0.335 e. The second-order valence-electron chi connectivity index (χ2n) is 4.58. The van der Waals surface area contributed by atoms with Crippen molar-refractivity contribution in [1.29, 1.82) is 0 Å². The summed E-state index contributed by atoms with van der Waals surface area (Å²) in [5.41, 5.74) is 0. The van der Waals surface area contributed by atoms with E-state index in [0.717, 1.165) is 25.5 Å². The van der Waals surface area contributed by atoms with E-state index in [-0.39, 0.29) is 23.9 Å². The minimum absolute atomic E-state index is 0.0407. The second-order valence-corrected chi connectivity index (χ2v) is 6.76. The van der Waals surface area contributed by atoms with E-state index in [2.05, 4.69) is 10.6 Å². The van der Waals surface area contributed by atoms with Crippen LogP contribution in [-0.4, -0.2) is 38.5 Å². The van der Waals surface area contributed by atoms with Crippen LogP contribution < -0.4 is 10.6 Å². The quantitative estimate of drug-likeness (QED) is 0.735. The van der Waals surface area contributed by atoms with E-state index in [9.17, 15) is 13.2 Å². The summed E-state index contributed by atoms with van der Waals surface area (Å²) in [7, 11) is -3.06. The fourth-order valence-corrected chi connectivity index (χ4v) is 2.85. The molecule has 2 atom stereocenters. The fourth-order valence-electron chi connectivity index (χ4n) is 1.86. The van der Waals surface area contributed by atoms with Crippen molar-refractivity contribution < 1.29 is 13.2 Å². The molecule has 0 fully saturated rings. The van der Waals surface area contributed by atoms with Crippen molar-refractivity contribution >= 4 is 15.9 Å². The molecule has 0 aromatic rings. The lowest BCUT2D eigenvalue weighted by Gasteiger charge is -2.20. The minimum Gasteiger partial charge on any atom is -0.335 e. The van der Waals surface area contributed by atoms with Crippen LogP contribution in [-0.2, 0) is 9.84 Å². The van der Waals surface area contributed by atoms with Crippen molar-refractivity contribution in [3.05, 3.63) is 12.2 Å². The van der Waals surface area contributed by atoms with Crippen LogP contribution in [0.5, 0.6) is 0 Å². The van der Waals surface area contributed by atoms with Crippen molar-refractivity contribution in [2.24, 2.45) is 0 Å². The molecule has 0 saturated heterocycles. The van der Waals surface area contributed by atoms with Crippen LogP contribution in [0.15, 0.2) is 12.2 Å². The van der Waals surface area contributed by atoms with Gasteiger partial charge in [-0.05, 0) is 26.2 Å². The SMILES string of the molecule is C[C@@H](CS(C)(=O)=O)NC(=O)N[C@H]1C=CCCC1. The van der Waals surface area contributed by atoms with E-state index in [1.54, 1.807) is 6.92 Å². The molecular weight excluding hydrogens is 240 g/mol. The van der Waals surface area contributed by atoms with Gasteiger partial charge in [0.15, 0.2) is 0 Å². The molecule has 2 amide bonds. The molecule has 98 valence electrons. The third kappa shape index (κ3) is 6.31. The van der Waals surface area contributed by atoms with Gasteiger partial charge in [0.05, 0.1) is 5.75 Å². The number of hydrogen-bond donors (Lipinski definition) is 2. The number of carbonyl (C=O) groups excluding carboxylic acids is 1. The highest BCUT2D eigenvalue weighted by Crippen LogP contribution is 2.09. The third-order valence-corrected chi connectivity index (χ3v) is 3.61. The monoisotopic (exact) mass is 260 g/mol. The molecule has 1 aliphatic rings. The molecule has 0 saturated carbocycles. The predicted molar refractivity (Wildman–Crippen MR) is 67.6 cm³/mol. The summed E-state index contributed by atoms with van der Waals surface area (Å²) in [6.07, 6.45) is 8.25. The maximum atomic E-state index is 11.6. The van der Waals surface area contributed by atoms with E-state index in [1.807, 2.05) is 12.2 Å². The number of hydrogen-bond acceptors (Lipinski definition) is 3. The van der Waals surface area contributed by atoms with E-state index in [4.69, 9.17) is 0 Å². The highest BCUT2D eigenvalue weighted by Gasteiger charge is 2.15. The molecule has 0 bridgehead atoms. The van der Waals surface area contributed by atoms with Crippen LogP contribution >= 0.6 is 0 Å². The summed E-state index contributed by atoms with van der Waals surface area (Å²) >= 11 is 0. The van der Waals surface area contributed by atoms with Crippen molar-refractivity contribution in [3.8, 4) is 0 Å². The number of rotatable bonds is 4. The Hall–Kier alpha value is -1.04. The summed E-state index contributed by atoms with van der Waals surface area (Å²) < 4.78 is 22.1. The topological polar surface area (TPSA) is 75.3 Å². The third-order valence-electron chi connectivity index (χ3n) is 2.50. The molecule has 0 aromatic carbocycles. The van der Waals surface area contributed by atoms with Gasteiger partial charge in [-0.25, -0.2) is 13.2 Å². The smallest absolute Gasteiger partial charge is 0.315 e. The van der Waals surface area contributed by atoms with Gasteiger partial charge in [-0.15, -0.1) is 0 Å². The zero-order valence-corrected chi connectivity index (χ0v) is 11.1. The summed E-state index contributed by atoms with van der Waals surface area (Å²) in [5.74, 6) is -0.0407. The van der Waals surface area contributed by atoms with Crippen LogP contribution in [0.3, 0.4) is 0 Å². The molecule has 0 spiro atoms. The molecule has 5 nitrogen and oxygen atoms in total. The first kappa shape index (κ1) is 14.0. The zero-order valence-electron chi connectivity index (χ0n) is 10.3. The molecule has 17 heavy (non-hydrogen) atoms. The summed E-state index contributed by atoms with van der Waals surface area (Å²) in [4.78, 5) is 11.6. The maximum absolute atomic E-state index is 11.6. The Morgan fingerprint density at radius 3 is 2.76 bits per heavy atom.